The summed E-state index contributed by atoms with van der Waals surface area (Å²) in [6, 6.07) is 7.02. The van der Waals surface area contributed by atoms with Crippen LogP contribution >= 0.6 is 11.8 Å². The van der Waals surface area contributed by atoms with Crippen LogP contribution in [0.2, 0.25) is 0 Å². The molecule has 122 valence electrons. The number of carbonyl (C=O) groups excluding carboxylic acids is 1. The Labute approximate surface area is 134 Å². The van der Waals surface area contributed by atoms with Crippen molar-refractivity contribution in [1.82, 2.24) is 0 Å². The smallest absolute Gasteiger partial charge is 0.237 e. The topological polar surface area (TPSA) is 29.1 Å². The number of benzene rings is 2. The van der Waals surface area contributed by atoms with Crippen LogP contribution in [0.5, 0.6) is 0 Å². The number of carbonyl (C=O) groups is 1. The van der Waals surface area contributed by atoms with Gasteiger partial charge in [0.25, 0.3) is 0 Å². The lowest BCUT2D eigenvalue weighted by molar-refractivity contribution is -0.115. The molecule has 0 saturated heterocycles. The van der Waals surface area contributed by atoms with Gasteiger partial charge in [0.05, 0.1) is 5.25 Å². The average molecular weight is 343 g/mol. The number of anilines is 1. The predicted octanol–water partition coefficient (Wildman–Crippen LogP) is 4.50. The van der Waals surface area contributed by atoms with Crippen molar-refractivity contribution in [3.8, 4) is 0 Å². The van der Waals surface area contributed by atoms with E-state index in [1.165, 1.54) is 25.1 Å². The summed E-state index contributed by atoms with van der Waals surface area (Å²) in [6.07, 6.45) is 0. The number of halogens is 4. The molecule has 2 aromatic rings. The monoisotopic (exact) mass is 343 g/mol. The van der Waals surface area contributed by atoms with Crippen LogP contribution < -0.4 is 5.32 Å². The van der Waals surface area contributed by atoms with E-state index in [0.717, 1.165) is 30.0 Å². The van der Waals surface area contributed by atoms with E-state index < -0.39 is 40.1 Å². The molecule has 2 rings (SSSR count). The number of hydrogen-bond donors (Lipinski definition) is 1. The third kappa shape index (κ3) is 4.25. The van der Waals surface area contributed by atoms with Crippen molar-refractivity contribution in [2.75, 3.05) is 5.32 Å². The molecule has 0 spiro atoms. The average Bonchev–Trinajstić information content (AvgIpc) is 2.52. The molecular formula is C16H13F4NOS. The van der Waals surface area contributed by atoms with Gasteiger partial charge in [-0.25, -0.2) is 17.6 Å². The van der Waals surface area contributed by atoms with E-state index in [9.17, 15) is 22.4 Å². The molecule has 0 bridgehead atoms. The first-order valence-electron chi connectivity index (χ1n) is 6.69. The Morgan fingerprint density at radius 2 is 1.61 bits per heavy atom. The van der Waals surface area contributed by atoms with Gasteiger partial charge in [-0.15, -0.1) is 11.8 Å². The van der Waals surface area contributed by atoms with Crippen molar-refractivity contribution in [3.63, 3.8) is 0 Å². The zero-order chi connectivity index (χ0) is 17.0. The SMILES string of the molecule is CC(SCc1cccc(F)c1F)C(=O)Nc1c(F)cccc1F. The second kappa shape index (κ2) is 7.50. The lowest BCUT2D eigenvalue weighted by Gasteiger charge is -2.13. The Bertz CT molecular complexity index is 703. The van der Waals surface area contributed by atoms with Gasteiger partial charge < -0.3 is 5.32 Å². The van der Waals surface area contributed by atoms with Crippen molar-refractivity contribution in [2.45, 2.75) is 17.9 Å². The molecule has 1 amide bonds. The second-order valence-electron chi connectivity index (χ2n) is 4.75. The highest BCUT2D eigenvalue weighted by Crippen LogP contribution is 2.24. The van der Waals surface area contributed by atoms with Crippen LogP contribution in [0.1, 0.15) is 12.5 Å². The van der Waals surface area contributed by atoms with Gasteiger partial charge in [0.2, 0.25) is 5.91 Å². The standard InChI is InChI=1S/C16H13F4NOS/c1-9(23-8-10-4-2-5-11(17)14(10)20)16(22)21-15-12(18)6-3-7-13(15)19/h2-7,9H,8H2,1H3,(H,21,22). The fourth-order valence-electron chi connectivity index (χ4n) is 1.79. The van der Waals surface area contributed by atoms with E-state index in [4.69, 9.17) is 0 Å². The van der Waals surface area contributed by atoms with E-state index in [1.54, 1.807) is 0 Å². The van der Waals surface area contributed by atoms with Gasteiger partial charge >= 0.3 is 0 Å². The summed E-state index contributed by atoms with van der Waals surface area (Å²) in [4.78, 5) is 12.0. The minimum Gasteiger partial charge on any atom is -0.320 e. The lowest BCUT2D eigenvalue weighted by atomic mass is 10.2. The molecule has 7 heteroatoms. The highest BCUT2D eigenvalue weighted by Gasteiger charge is 2.18. The molecule has 0 radical (unpaired) electrons. The maximum atomic E-state index is 13.5. The molecule has 0 fully saturated rings. The zero-order valence-corrected chi connectivity index (χ0v) is 12.9. The van der Waals surface area contributed by atoms with E-state index in [-0.39, 0.29) is 11.3 Å². The summed E-state index contributed by atoms with van der Waals surface area (Å²) < 4.78 is 53.5. The molecule has 2 aromatic carbocycles. The van der Waals surface area contributed by atoms with Gasteiger partial charge in [-0.3, -0.25) is 4.79 Å². The molecule has 0 saturated carbocycles. The molecule has 0 aliphatic heterocycles. The van der Waals surface area contributed by atoms with E-state index in [1.807, 2.05) is 0 Å². The third-order valence-corrected chi connectivity index (χ3v) is 4.29. The predicted molar refractivity (Wildman–Crippen MR) is 82.1 cm³/mol. The minimum atomic E-state index is -0.965. The third-order valence-electron chi connectivity index (χ3n) is 3.10. The van der Waals surface area contributed by atoms with Crippen LogP contribution in [0, 0.1) is 23.3 Å². The Balaban J connectivity index is 1.99. The fraction of sp³-hybridized carbons (Fsp3) is 0.188. The summed E-state index contributed by atoms with van der Waals surface area (Å²) in [5.41, 5.74) is -0.409. The number of nitrogens with one attached hydrogen (secondary N) is 1. The van der Waals surface area contributed by atoms with Crippen LogP contribution in [0.4, 0.5) is 23.2 Å². The molecule has 0 aliphatic rings. The highest BCUT2D eigenvalue weighted by atomic mass is 32.2. The Morgan fingerprint density at radius 3 is 2.26 bits per heavy atom. The summed E-state index contributed by atoms with van der Waals surface area (Å²) in [5, 5.41) is 1.45. The van der Waals surface area contributed by atoms with Crippen molar-refractivity contribution >= 4 is 23.4 Å². The second-order valence-corrected chi connectivity index (χ2v) is 6.08. The maximum Gasteiger partial charge on any atom is 0.237 e. The summed E-state index contributed by atoms with van der Waals surface area (Å²) in [7, 11) is 0. The number of amides is 1. The van der Waals surface area contributed by atoms with Gasteiger partial charge in [-0.2, -0.15) is 0 Å². The van der Waals surface area contributed by atoms with Crippen LogP contribution in [0.15, 0.2) is 36.4 Å². The molecule has 0 aliphatic carbocycles. The van der Waals surface area contributed by atoms with Crippen molar-refractivity contribution < 1.29 is 22.4 Å². The summed E-state index contributed by atoms with van der Waals surface area (Å²) >= 11 is 1.03. The summed E-state index contributed by atoms with van der Waals surface area (Å²) in [5.74, 6) is -4.27. The zero-order valence-electron chi connectivity index (χ0n) is 12.1. The van der Waals surface area contributed by atoms with Gasteiger partial charge in [0, 0.05) is 11.3 Å². The first kappa shape index (κ1) is 17.3. The molecule has 1 unspecified atom stereocenters. The number of thioether (sulfide) groups is 1. The van der Waals surface area contributed by atoms with Gasteiger partial charge in [0.15, 0.2) is 11.6 Å². The molecule has 2 nitrogen and oxygen atoms in total. The number of rotatable bonds is 5. The van der Waals surface area contributed by atoms with Gasteiger partial charge in [0.1, 0.15) is 17.3 Å². The Kier molecular flexibility index (Phi) is 5.65. The van der Waals surface area contributed by atoms with Crippen LogP contribution in [0.3, 0.4) is 0 Å². The number of hydrogen-bond acceptors (Lipinski definition) is 2. The minimum absolute atomic E-state index is 0.0535. The van der Waals surface area contributed by atoms with Crippen LogP contribution in [-0.4, -0.2) is 11.2 Å². The summed E-state index contributed by atoms with van der Waals surface area (Å²) in [6.45, 7) is 1.51. The van der Waals surface area contributed by atoms with Gasteiger partial charge in [-0.1, -0.05) is 18.2 Å². The Morgan fingerprint density at radius 1 is 1.04 bits per heavy atom. The first-order valence-corrected chi connectivity index (χ1v) is 7.74. The molecule has 0 aromatic heterocycles. The fourth-order valence-corrected chi connectivity index (χ4v) is 2.66. The number of para-hydroxylation sites is 1. The van der Waals surface area contributed by atoms with Crippen LogP contribution in [-0.2, 0) is 10.5 Å². The van der Waals surface area contributed by atoms with E-state index in [0.29, 0.717) is 0 Å². The van der Waals surface area contributed by atoms with Crippen molar-refractivity contribution in [3.05, 3.63) is 65.2 Å². The largest absolute Gasteiger partial charge is 0.320 e. The molecule has 1 N–H and O–H groups in total. The van der Waals surface area contributed by atoms with Crippen LogP contribution in [0.25, 0.3) is 0 Å². The molecule has 23 heavy (non-hydrogen) atoms. The molecule has 0 heterocycles. The molecular weight excluding hydrogens is 330 g/mol. The van der Waals surface area contributed by atoms with E-state index in [2.05, 4.69) is 5.32 Å². The normalized spacial score (nSPS) is 12.0. The molecule has 1 atom stereocenters. The first-order chi connectivity index (χ1) is 10.9. The van der Waals surface area contributed by atoms with Gasteiger partial charge in [-0.05, 0) is 25.1 Å². The highest BCUT2D eigenvalue weighted by molar-refractivity contribution is 7.99. The maximum absolute atomic E-state index is 13.5. The van der Waals surface area contributed by atoms with Crippen molar-refractivity contribution in [1.29, 1.82) is 0 Å². The van der Waals surface area contributed by atoms with E-state index >= 15 is 0 Å². The lowest BCUT2D eigenvalue weighted by Crippen LogP contribution is -2.24. The Hall–Kier alpha value is -2.02. The van der Waals surface area contributed by atoms with Crippen molar-refractivity contribution in [2.24, 2.45) is 0 Å². The quantitative estimate of drug-likeness (QED) is 0.810.